The number of hydrogen-bond acceptors (Lipinski definition) is 4. The summed E-state index contributed by atoms with van der Waals surface area (Å²) in [6, 6.07) is 2.05. The van der Waals surface area contributed by atoms with E-state index in [1.807, 2.05) is 19.1 Å². The van der Waals surface area contributed by atoms with E-state index in [2.05, 4.69) is 22.5 Å². The minimum Gasteiger partial charge on any atom is -0.396 e. The van der Waals surface area contributed by atoms with Crippen LogP contribution in [-0.4, -0.2) is 29.8 Å². The number of hydrogen-bond donors (Lipinski definition) is 2. The summed E-state index contributed by atoms with van der Waals surface area (Å²) in [5.41, 5.74) is 0.505. The number of H-pyrrole nitrogens is 1. The third-order valence-corrected chi connectivity index (χ3v) is 4.41. The Bertz CT molecular complexity index is 778. The lowest BCUT2D eigenvalue weighted by molar-refractivity contribution is 0.240. The molecule has 0 aromatic carbocycles. The third-order valence-electron chi connectivity index (χ3n) is 4.41. The molecule has 23 heavy (non-hydrogen) atoms. The first-order chi connectivity index (χ1) is 11.2. The number of aromatic nitrogens is 1. The van der Waals surface area contributed by atoms with E-state index in [0.29, 0.717) is 17.0 Å². The van der Waals surface area contributed by atoms with E-state index in [0.717, 1.165) is 37.6 Å². The van der Waals surface area contributed by atoms with Crippen LogP contribution in [0.5, 0.6) is 0 Å². The van der Waals surface area contributed by atoms with Crippen LogP contribution in [0.4, 0.5) is 5.69 Å². The molecule has 5 heteroatoms. The van der Waals surface area contributed by atoms with Crippen LogP contribution in [0, 0.1) is 17.2 Å². The van der Waals surface area contributed by atoms with Crippen LogP contribution in [-0.2, 0) is 0 Å². The van der Waals surface area contributed by atoms with Crippen molar-refractivity contribution in [2.24, 2.45) is 5.92 Å². The molecule has 1 aromatic heterocycles. The van der Waals surface area contributed by atoms with Crippen molar-refractivity contribution in [3.63, 3.8) is 0 Å². The Labute approximate surface area is 135 Å². The predicted molar refractivity (Wildman–Crippen MR) is 92.5 cm³/mol. The van der Waals surface area contributed by atoms with Gasteiger partial charge >= 0.3 is 0 Å². The SMILES string of the molecule is C=C/C=c1/c(N2CCC(CCO)CC2)c(C#N)c(=O)[nH]/c1=C/C. The molecule has 122 valence electrons. The van der Waals surface area contributed by atoms with Crippen LogP contribution in [0.1, 0.15) is 31.7 Å². The summed E-state index contributed by atoms with van der Waals surface area (Å²) in [5.74, 6) is 0.507. The fourth-order valence-electron chi connectivity index (χ4n) is 3.20. The van der Waals surface area contributed by atoms with Crippen LogP contribution in [0.25, 0.3) is 12.2 Å². The molecular formula is C18H23N3O2. The second-order valence-electron chi connectivity index (χ2n) is 5.75. The van der Waals surface area contributed by atoms with Gasteiger partial charge in [0.2, 0.25) is 0 Å². The first kappa shape index (κ1) is 17.0. The van der Waals surface area contributed by atoms with Crippen LogP contribution in [0.15, 0.2) is 17.4 Å². The lowest BCUT2D eigenvalue weighted by atomic mass is 9.93. The maximum Gasteiger partial charge on any atom is 0.268 e. The maximum atomic E-state index is 12.2. The van der Waals surface area contributed by atoms with E-state index in [1.165, 1.54) is 0 Å². The van der Waals surface area contributed by atoms with E-state index >= 15 is 0 Å². The number of aliphatic hydroxyl groups is 1. The van der Waals surface area contributed by atoms with Gasteiger partial charge in [-0.1, -0.05) is 24.8 Å². The number of nitriles is 1. The molecule has 0 unspecified atom stereocenters. The molecule has 1 saturated heterocycles. The fraction of sp³-hybridized carbons (Fsp3) is 0.444. The summed E-state index contributed by atoms with van der Waals surface area (Å²) in [4.78, 5) is 17.1. The topological polar surface area (TPSA) is 80.1 Å². The lowest BCUT2D eigenvalue weighted by Crippen LogP contribution is -2.45. The second-order valence-corrected chi connectivity index (χ2v) is 5.75. The number of anilines is 1. The highest BCUT2D eigenvalue weighted by Gasteiger charge is 2.23. The van der Waals surface area contributed by atoms with E-state index in [-0.39, 0.29) is 17.7 Å². The van der Waals surface area contributed by atoms with Crippen LogP contribution in [0.3, 0.4) is 0 Å². The number of pyridine rings is 1. The van der Waals surface area contributed by atoms with Gasteiger partial charge in [0.1, 0.15) is 11.6 Å². The number of nitrogens with zero attached hydrogens (tertiary/aromatic N) is 2. The van der Waals surface area contributed by atoms with E-state index < -0.39 is 0 Å². The first-order valence-corrected chi connectivity index (χ1v) is 7.97. The molecule has 0 bridgehead atoms. The molecule has 0 amide bonds. The van der Waals surface area contributed by atoms with Crippen molar-refractivity contribution in [2.45, 2.75) is 26.2 Å². The van der Waals surface area contributed by atoms with Crippen molar-refractivity contribution in [1.82, 2.24) is 4.98 Å². The van der Waals surface area contributed by atoms with Crippen LogP contribution >= 0.6 is 0 Å². The molecule has 0 saturated carbocycles. The van der Waals surface area contributed by atoms with Gasteiger partial charge in [-0.3, -0.25) is 4.79 Å². The lowest BCUT2D eigenvalue weighted by Gasteiger charge is -2.34. The number of rotatable bonds is 4. The monoisotopic (exact) mass is 313 g/mol. The molecule has 0 radical (unpaired) electrons. The van der Waals surface area contributed by atoms with Crippen molar-refractivity contribution in [1.29, 1.82) is 5.26 Å². The average Bonchev–Trinajstić information content (AvgIpc) is 2.57. The molecule has 1 fully saturated rings. The Morgan fingerprint density at radius 2 is 2.17 bits per heavy atom. The Kier molecular flexibility index (Phi) is 5.78. The van der Waals surface area contributed by atoms with Crippen molar-refractivity contribution in [2.75, 3.05) is 24.6 Å². The molecular weight excluding hydrogens is 290 g/mol. The normalized spacial score (nSPS) is 17.3. The smallest absolute Gasteiger partial charge is 0.268 e. The van der Waals surface area contributed by atoms with Crippen molar-refractivity contribution in [3.05, 3.63) is 39.1 Å². The molecule has 0 atom stereocenters. The standard InChI is InChI=1S/C18H23N3O2/c1-3-5-14-16(4-2)20-18(23)15(12-19)17(14)21-9-6-13(7-10-21)8-11-22/h3-5,13,22H,1,6-11H2,2H3,(H,20,23)/b14-5+,16-4+. The average molecular weight is 313 g/mol. The van der Waals surface area contributed by atoms with Gasteiger partial charge < -0.3 is 15.0 Å². The highest BCUT2D eigenvalue weighted by molar-refractivity contribution is 5.63. The molecule has 2 rings (SSSR count). The second kappa shape index (κ2) is 7.80. The minimum absolute atomic E-state index is 0.157. The zero-order valence-electron chi connectivity index (χ0n) is 13.5. The molecule has 2 N–H and O–H groups in total. The highest BCUT2D eigenvalue weighted by atomic mass is 16.3. The number of aromatic amines is 1. The Morgan fingerprint density at radius 3 is 2.70 bits per heavy atom. The van der Waals surface area contributed by atoms with Gasteiger partial charge in [-0.15, -0.1) is 0 Å². The Hall–Kier alpha value is -2.32. The van der Waals surface area contributed by atoms with Crippen LogP contribution < -0.4 is 21.0 Å². The first-order valence-electron chi connectivity index (χ1n) is 7.97. The van der Waals surface area contributed by atoms with Gasteiger partial charge in [-0.2, -0.15) is 5.26 Å². The summed E-state index contributed by atoms with van der Waals surface area (Å²) in [6.07, 6.45) is 8.06. The van der Waals surface area contributed by atoms with Gasteiger partial charge in [0.25, 0.3) is 5.56 Å². The summed E-state index contributed by atoms with van der Waals surface area (Å²) < 4.78 is 0. The summed E-state index contributed by atoms with van der Waals surface area (Å²) >= 11 is 0. The molecule has 2 heterocycles. The van der Waals surface area contributed by atoms with Gasteiger partial charge in [0, 0.05) is 30.3 Å². The number of nitrogens with one attached hydrogen (secondary N) is 1. The Balaban J connectivity index is 2.56. The number of piperidine rings is 1. The molecule has 0 spiro atoms. The molecule has 1 aliphatic rings. The molecule has 1 aliphatic heterocycles. The largest absolute Gasteiger partial charge is 0.396 e. The van der Waals surface area contributed by atoms with Crippen molar-refractivity contribution < 1.29 is 5.11 Å². The van der Waals surface area contributed by atoms with Crippen LogP contribution in [0.2, 0.25) is 0 Å². The summed E-state index contributed by atoms with van der Waals surface area (Å²) in [6.45, 7) is 7.37. The zero-order chi connectivity index (χ0) is 16.8. The maximum absolute atomic E-state index is 12.2. The fourth-order valence-corrected chi connectivity index (χ4v) is 3.20. The highest BCUT2D eigenvalue weighted by Crippen LogP contribution is 2.23. The van der Waals surface area contributed by atoms with Gasteiger partial charge in [-0.25, -0.2) is 0 Å². The van der Waals surface area contributed by atoms with Crippen molar-refractivity contribution in [3.8, 4) is 6.07 Å². The Morgan fingerprint density at radius 1 is 1.48 bits per heavy atom. The third kappa shape index (κ3) is 3.54. The number of allylic oxidation sites excluding steroid dienone is 1. The van der Waals surface area contributed by atoms with E-state index in [1.54, 1.807) is 6.08 Å². The van der Waals surface area contributed by atoms with Crippen molar-refractivity contribution >= 4 is 17.8 Å². The number of aliphatic hydroxyl groups excluding tert-OH is 1. The molecule has 1 aromatic rings. The van der Waals surface area contributed by atoms with E-state index in [9.17, 15) is 10.1 Å². The van der Waals surface area contributed by atoms with E-state index in [4.69, 9.17) is 5.11 Å². The van der Waals surface area contributed by atoms with Gasteiger partial charge in [0.15, 0.2) is 0 Å². The van der Waals surface area contributed by atoms with Gasteiger partial charge in [-0.05, 0) is 32.1 Å². The minimum atomic E-state index is -0.353. The molecule has 0 aliphatic carbocycles. The quantitative estimate of drug-likeness (QED) is 0.853. The van der Waals surface area contributed by atoms with Gasteiger partial charge in [0.05, 0.1) is 5.69 Å². The zero-order valence-corrected chi connectivity index (χ0v) is 13.5. The summed E-state index contributed by atoms with van der Waals surface area (Å²) in [5, 5.41) is 20.1. The predicted octanol–water partition coefficient (Wildman–Crippen LogP) is 0.612. The molecule has 5 nitrogen and oxygen atoms in total. The summed E-state index contributed by atoms with van der Waals surface area (Å²) in [7, 11) is 0.